The van der Waals surface area contributed by atoms with Crippen molar-refractivity contribution in [2.75, 3.05) is 11.5 Å². The Morgan fingerprint density at radius 3 is 2.80 bits per heavy atom. The van der Waals surface area contributed by atoms with Crippen LogP contribution in [0.3, 0.4) is 0 Å². The van der Waals surface area contributed by atoms with Gasteiger partial charge in [0.2, 0.25) is 0 Å². The molecule has 1 saturated heterocycles. The average Bonchev–Trinajstić information content (AvgIpc) is 3.36. The number of fused-ring (bicyclic) bond motifs is 1. The molecule has 1 fully saturated rings. The van der Waals surface area contributed by atoms with E-state index in [1.807, 2.05) is 23.9 Å². The summed E-state index contributed by atoms with van der Waals surface area (Å²) < 4.78 is 28.6. The molecule has 2 aromatic rings. The van der Waals surface area contributed by atoms with E-state index in [9.17, 15) is 28.3 Å². The number of hydrogen-bond acceptors (Lipinski definition) is 10. The molecular weight excluding hydrogens is 508 g/mol. The number of carboxylic acid groups (broad SMARTS) is 1. The van der Waals surface area contributed by atoms with Crippen molar-refractivity contribution in [2.45, 2.75) is 31.5 Å². The molecule has 186 valence electrons. The molecule has 2 aromatic heterocycles. The first kappa shape index (κ1) is 24.6. The molecule has 0 aliphatic carbocycles. The van der Waals surface area contributed by atoms with E-state index in [-0.39, 0.29) is 28.8 Å². The summed E-state index contributed by atoms with van der Waals surface area (Å²) in [6.45, 7) is -1.19. The van der Waals surface area contributed by atoms with Gasteiger partial charge in [0.25, 0.3) is 11.8 Å². The van der Waals surface area contributed by atoms with E-state index in [0.717, 1.165) is 21.9 Å². The quantitative estimate of drug-likeness (QED) is 0.186. The smallest absolute Gasteiger partial charge is 0.407 e. The third-order valence-corrected chi connectivity index (χ3v) is 7.40. The van der Waals surface area contributed by atoms with Crippen LogP contribution in [0.4, 0.5) is 13.9 Å². The highest BCUT2D eigenvalue weighted by molar-refractivity contribution is 8.00. The fraction of sp³-hybridized carbons (Fsp3) is 0.368. The van der Waals surface area contributed by atoms with Crippen LogP contribution in [0.5, 0.6) is 0 Å². The van der Waals surface area contributed by atoms with Crippen LogP contribution in [0.25, 0.3) is 0 Å². The number of nitrogen functional groups attached to an aromatic ring is 1. The number of thiazole rings is 1. The molecule has 4 heterocycles. The number of thioether (sulfide) groups is 1. The van der Waals surface area contributed by atoms with Gasteiger partial charge >= 0.3 is 6.61 Å². The molecule has 16 heteroatoms. The number of halogens is 2. The Bertz CT molecular complexity index is 1240. The Labute approximate surface area is 205 Å². The Hall–Kier alpha value is -3.53. The number of nitrogens with one attached hydrogen (secondary N) is 1. The predicted octanol–water partition coefficient (Wildman–Crippen LogP) is -1.29. The number of β-lactam (4-membered cyclic amide) rings is 1. The normalized spacial score (nSPS) is 20.1. The molecule has 2 amide bonds. The lowest BCUT2D eigenvalue weighted by Crippen LogP contribution is -2.71. The fourth-order valence-electron chi connectivity index (χ4n) is 3.74. The number of nitrogens with two attached hydrogens (primary N) is 1. The average molecular weight is 528 g/mol. The summed E-state index contributed by atoms with van der Waals surface area (Å²) in [7, 11) is 1.80. The Morgan fingerprint density at radius 1 is 1.49 bits per heavy atom. The lowest BCUT2D eigenvalue weighted by molar-refractivity contribution is -0.753. The van der Waals surface area contributed by atoms with E-state index in [1.165, 1.54) is 17.1 Å². The number of rotatable bonds is 8. The molecule has 0 radical (unpaired) electrons. The molecular formula is C19H19F2N7O5S2. The first-order valence-electron chi connectivity index (χ1n) is 10.0. The first-order chi connectivity index (χ1) is 16.6. The molecule has 0 aromatic carbocycles. The van der Waals surface area contributed by atoms with Gasteiger partial charge in [0.05, 0.1) is 17.4 Å². The summed E-state index contributed by atoms with van der Waals surface area (Å²) in [5, 5.41) is 18.2. The SMILES string of the molecule is Cc1cc[n+](C)n1CC1=C(C(=O)[O-])N2C(=O)[C@@H](NC(=O)C(=NOC(F)F)c3csc(N)n3)[C@H]2SC1. The van der Waals surface area contributed by atoms with Crippen molar-refractivity contribution in [1.82, 2.24) is 19.9 Å². The number of carbonyl (C=O) groups is 3. The summed E-state index contributed by atoms with van der Waals surface area (Å²) >= 11 is 2.20. The van der Waals surface area contributed by atoms with Crippen molar-refractivity contribution in [3.63, 3.8) is 0 Å². The van der Waals surface area contributed by atoms with Crippen LogP contribution < -0.4 is 20.8 Å². The second-order valence-corrected chi connectivity index (χ2v) is 9.56. The van der Waals surface area contributed by atoms with Crippen LogP contribution in [0.2, 0.25) is 0 Å². The molecule has 0 saturated carbocycles. The number of anilines is 1. The van der Waals surface area contributed by atoms with Crippen molar-refractivity contribution in [3.05, 3.63) is 40.3 Å². The van der Waals surface area contributed by atoms with Crippen LogP contribution in [0.1, 0.15) is 11.4 Å². The molecule has 3 N–H and O–H groups in total. The number of hydrogen-bond donors (Lipinski definition) is 2. The van der Waals surface area contributed by atoms with E-state index < -0.39 is 41.5 Å². The zero-order valence-corrected chi connectivity index (χ0v) is 19.9. The third kappa shape index (κ3) is 4.70. The zero-order valence-electron chi connectivity index (χ0n) is 18.3. The minimum atomic E-state index is -3.29. The summed E-state index contributed by atoms with van der Waals surface area (Å²) in [5.41, 5.74) is 5.95. The Morgan fingerprint density at radius 2 is 2.23 bits per heavy atom. The standard InChI is InChI=1S/C19H19F2N7O5S2/c1-8-3-4-26(2)27(8)5-9-6-34-16-12(15(30)28(16)13(9)17(31)32)24-14(29)11(25-33-18(20)21)10-7-35-19(22)23-10/h3-4,7,12,16,18H,5-6H2,1-2H3,(H3-,22,23,24,29,31,32)/t12-,16-/m1/s1. The molecule has 0 spiro atoms. The number of carboxylic acids is 1. The van der Waals surface area contributed by atoms with Gasteiger partial charge in [0, 0.05) is 17.2 Å². The Kier molecular flexibility index (Phi) is 6.75. The number of alkyl halides is 2. The van der Waals surface area contributed by atoms with Gasteiger partial charge in [0.15, 0.2) is 24.1 Å². The van der Waals surface area contributed by atoms with Crippen molar-refractivity contribution in [3.8, 4) is 0 Å². The lowest BCUT2D eigenvalue weighted by atomic mass is 10.0. The first-order valence-corrected chi connectivity index (χ1v) is 12.0. The fourth-order valence-corrected chi connectivity index (χ4v) is 5.63. The number of aromatic nitrogens is 3. The van der Waals surface area contributed by atoms with Crippen LogP contribution in [0, 0.1) is 6.92 Å². The van der Waals surface area contributed by atoms with Crippen molar-refractivity contribution < 1.29 is 37.8 Å². The zero-order chi connectivity index (χ0) is 25.4. The van der Waals surface area contributed by atoms with Crippen LogP contribution in [0.15, 0.2) is 34.1 Å². The largest absolute Gasteiger partial charge is 0.543 e. The molecule has 2 aliphatic rings. The van der Waals surface area contributed by atoms with E-state index in [1.54, 1.807) is 11.7 Å². The number of aryl methyl sites for hydroxylation is 2. The maximum absolute atomic E-state index is 12.9. The highest BCUT2D eigenvalue weighted by Crippen LogP contribution is 2.40. The minimum Gasteiger partial charge on any atom is -0.543 e. The summed E-state index contributed by atoms with van der Waals surface area (Å²) in [5.74, 6) is -2.94. The Balaban J connectivity index is 1.55. The second kappa shape index (κ2) is 9.61. The molecule has 2 atom stereocenters. The van der Waals surface area contributed by atoms with Crippen molar-refractivity contribution in [2.24, 2.45) is 12.2 Å². The maximum atomic E-state index is 12.9. The highest BCUT2D eigenvalue weighted by atomic mass is 32.2. The van der Waals surface area contributed by atoms with Gasteiger partial charge in [-0.25, -0.2) is 4.98 Å². The van der Waals surface area contributed by atoms with E-state index in [4.69, 9.17) is 5.73 Å². The molecule has 0 bridgehead atoms. The van der Waals surface area contributed by atoms with E-state index in [2.05, 4.69) is 20.3 Å². The summed E-state index contributed by atoms with van der Waals surface area (Å²) in [6.07, 6.45) is 1.82. The monoisotopic (exact) mass is 527 g/mol. The van der Waals surface area contributed by atoms with Gasteiger partial charge in [0.1, 0.15) is 23.7 Å². The van der Waals surface area contributed by atoms with Gasteiger partial charge in [-0.2, -0.15) is 13.5 Å². The number of amides is 2. The number of aliphatic carboxylic acids is 1. The van der Waals surface area contributed by atoms with Gasteiger partial charge in [-0.3, -0.25) is 14.5 Å². The predicted molar refractivity (Wildman–Crippen MR) is 118 cm³/mol. The molecule has 0 unspecified atom stereocenters. The van der Waals surface area contributed by atoms with Gasteiger partial charge in [-0.1, -0.05) is 5.16 Å². The van der Waals surface area contributed by atoms with Gasteiger partial charge in [-0.05, 0) is 12.5 Å². The maximum Gasteiger partial charge on any atom is 0.407 e. The molecule has 12 nitrogen and oxygen atoms in total. The lowest BCUT2D eigenvalue weighted by Gasteiger charge is -2.50. The van der Waals surface area contributed by atoms with Crippen molar-refractivity contribution in [1.29, 1.82) is 0 Å². The second-order valence-electron chi connectivity index (χ2n) is 7.57. The van der Waals surface area contributed by atoms with Crippen LogP contribution in [-0.2, 0) is 32.8 Å². The molecule has 2 aliphatic heterocycles. The molecule has 35 heavy (non-hydrogen) atoms. The van der Waals surface area contributed by atoms with Gasteiger partial charge < -0.3 is 25.8 Å². The van der Waals surface area contributed by atoms with Crippen molar-refractivity contribution >= 4 is 51.7 Å². The van der Waals surface area contributed by atoms with Crippen LogP contribution in [-0.4, -0.2) is 61.8 Å². The molecule has 4 rings (SSSR count). The van der Waals surface area contributed by atoms with Gasteiger partial charge in [-0.15, -0.1) is 27.8 Å². The third-order valence-electron chi connectivity index (χ3n) is 5.39. The van der Waals surface area contributed by atoms with E-state index in [0.29, 0.717) is 5.57 Å². The summed E-state index contributed by atoms with van der Waals surface area (Å²) in [6, 6.07) is 0.742. The highest BCUT2D eigenvalue weighted by Gasteiger charge is 2.53. The van der Waals surface area contributed by atoms with Crippen LogP contribution >= 0.6 is 23.1 Å². The topological polar surface area (TPSA) is 159 Å². The number of nitrogens with zero attached hydrogens (tertiary/aromatic N) is 5. The summed E-state index contributed by atoms with van der Waals surface area (Å²) in [4.78, 5) is 46.5. The number of carbonyl (C=O) groups excluding carboxylic acids is 3. The minimum absolute atomic E-state index is 0.0638. The van der Waals surface area contributed by atoms with E-state index >= 15 is 0 Å². The number of oxime groups is 1.